The molecule has 1 aromatic carbocycles. The van der Waals surface area contributed by atoms with Crippen LogP contribution >= 0.6 is 11.6 Å². The third-order valence-corrected chi connectivity index (χ3v) is 4.26. The Morgan fingerprint density at radius 1 is 1.38 bits per heavy atom. The Balaban J connectivity index is 2.25. The summed E-state index contributed by atoms with van der Waals surface area (Å²) < 4.78 is 19.1. The van der Waals surface area contributed by atoms with Gasteiger partial charge in [0.1, 0.15) is 11.4 Å². The van der Waals surface area contributed by atoms with Crippen molar-refractivity contribution in [2.75, 3.05) is 13.1 Å². The number of nitrogens with zero attached hydrogens (tertiary/aromatic N) is 1. The minimum Gasteiger partial charge on any atom is -0.481 e. The summed E-state index contributed by atoms with van der Waals surface area (Å²) >= 11 is 5.69. The fourth-order valence-corrected chi connectivity index (χ4v) is 2.94. The molecule has 2 rings (SSSR count). The first-order chi connectivity index (χ1) is 11.1. The van der Waals surface area contributed by atoms with E-state index in [0.29, 0.717) is 12.1 Å². The number of aliphatic carboxylic acids is 1. The van der Waals surface area contributed by atoms with Crippen LogP contribution in [0.5, 0.6) is 0 Å². The molecule has 0 spiro atoms. The van der Waals surface area contributed by atoms with Crippen molar-refractivity contribution in [2.24, 2.45) is 5.92 Å². The van der Waals surface area contributed by atoms with Crippen molar-refractivity contribution >= 4 is 23.7 Å². The Bertz CT molecular complexity index is 644. The van der Waals surface area contributed by atoms with Gasteiger partial charge in [0.05, 0.1) is 10.9 Å². The predicted molar refractivity (Wildman–Crippen MR) is 87.7 cm³/mol. The molecule has 1 N–H and O–H groups in total. The summed E-state index contributed by atoms with van der Waals surface area (Å²) in [6, 6.07) is 4.24. The third-order valence-electron chi connectivity index (χ3n) is 3.95. The van der Waals surface area contributed by atoms with Gasteiger partial charge >= 0.3 is 12.1 Å². The molecule has 2 atom stereocenters. The van der Waals surface area contributed by atoms with Crippen molar-refractivity contribution in [2.45, 2.75) is 38.7 Å². The van der Waals surface area contributed by atoms with Crippen LogP contribution in [0.3, 0.4) is 0 Å². The van der Waals surface area contributed by atoms with Crippen LogP contribution in [-0.2, 0) is 9.53 Å². The van der Waals surface area contributed by atoms with E-state index in [1.165, 1.54) is 17.0 Å². The Morgan fingerprint density at radius 2 is 2.04 bits per heavy atom. The summed E-state index contributed by atoms with van der Waals surface area (Å²) in [6.45, 7) is 5.74. The Labute approximate surface area is 145 Å². The van der Waals surface area contributed by atoms with Gasteiger partial charge in [-0.1, -0.05) is 17.7 Å². The van der Waals surface area contributed by atoms with Crippen molar-refractivity contribution < 1.29 is 23.8 Å². The molecule has 0 radical (unpaired) electrons. The fraction of sp³-hybridized carbons (Fsp3) is 0.529. The first-order valence-corrected chi connectivity index (χ1v) is 8.12. The number of carbonyl (C=O) groups is 2. The molecule has 7 heteroatoms. The molecule has 1 amide bonds. The van der Waals surface area contributed by atoms with E-state index >= 15 is 0 Å². The maximum atomic E-state index is 13.8. The molecule has 0 saturated carbocycles. The van der Waals surface area contributed by atoms with E-state index in [4.69, 9.17) is 16.3 Å². The summed E-state index contributed by atoms with van der Waals surface area (Å²) in [5, 5.41) is 9.43. The molecule has 1 fully saturated rings. The molecule has 0 aromatic heterocycles. The number of piperidine rings is 1. The summed E-state index contributed by atoms with van der Waals surface area (Å²) in [4.78, 5) is 25.3. The van der Waals surface area contributed by atoms with Crippen molar-refractivity contribution in [1.82, 2.24) is 4.90 Å². The zero-order chi connectivity index (χ0) is 18.1. The van der Waals surface area contributed by atoms with Gasteiger partial charge in [0.25, 0.3) is 0 Å². The lowest BCUT2D eigenvalue weighted by Crippen LogP contribution is -2.46. The summed E-state index contributed by atoms with van der Waals surface area (Å²) in [5.74, 6) is -2.77. The van der Waals surface area contributed by atoms with Gasteiger partial charge in [0, 0.05) is 19.0 Å². The first-order valence-electron chi connectivity index (χ1n) is 7.74. The van der Waals surface area contributed by atoms with Crippen LogP contribution in [0.1, 0.15) is 38.7 Å². The van der Waals surface area contributed by atoms with Gasteiger partial charge in [-0.15, -0.1) is 0 Å². The molecule has 0 bridgehead atoms. The Morgan fingerprint density at radius 3 is 2.58 bits per heavy atom. The molecular formula is C17H21ClFNO4. The monoisotopic (exact) mass is 357 g/mol. The molecule has 0 aliphatic carbocycles. The van der Waals surface area contributed by atoms with Gasteiger partial charge in [-0.25, -0.2) is 9.18 Å². The van der Waals surface area contributed by atoms with Gasteiger partial charge in [0.15, 0.2) is 0 Å². The van der Waals surface area contributed by atoms with Crippen LogP contribution in [0.2, 0.25) is 5.02 Å². The summed E-state index contributed by atoms with van der Waals surface area (Å²) in [5.41, 5.74) is -0.125. The summed E-state index contributed by atoms with van der Waals surface area (Å²) in [6.07, 6.45) is -0.213. The van der Waals surface area contributed by atoms with Gasteiger partial charge < -0.3 is 14.7 Å². The highest BCUT2D eigenvalue weighted by atomic mass is 35.5. The first kappa shape index (κ1) is 18.5. The largest absolute Gasteiger partial charge is 0.481 e. The van der Waals surface area contributed by atoms with E-state index in [9.17, 15) is 19.1 Å². The van der Waals surface area contributed by atoms with E-state index in [1.54, 1.807) is 26.8 Å². The molecule has 132 valence electrons. The number of ether oxygens (including phenoxy) is 1. The zero-order valence-corrected chi connectivity index (χ0v) is 14.6. The molecule has 24 heavy (non-hydrogen) atoms. The molecule has 1 aliphatic rings. The van der Waals surface area contributed by atoms with E-state index in [2.05, 4.69) is 0 Å². The second-order valence-electron chi connectivity index (χ2n) is 6.94. The number of amides is 1. The van der Waals surface area contributed by atoms with E-state index < -0.39 is 35.3 Å². The van der Waals surface area contributed by atoms with Crippen molar-refractivity contribution in [3.05, 3.63) is 34.6 Å². The second kappa shape index (κ2) is 6.97. The number of benzene rings is 1. The van der Waals surface area contributed by atoms with Crippen molar-refractivity contribution in [1.29, 1.82) is 0 Å². The van der Waals surface area contributed by atoms with Gasteiger partial charge in [-0.05, 0) is 44.9 Å². The third kappa shape index (κ3) is 4.38. The maximum absolute atomic E-state index is 13.8. The SMILES string of the molecule is CC(C)(C)OC(=O)N1CCC(C(=O)O)[C@H](c2ccc(Cl)c(F)c2)C1. The number of carboxylic acids is 1. The molecular weight excluding hydrogens is 337 g/mol. The number of hydrogen-bond donors (Lipinski definition) is 1. The minimum atomic E-state index is -0.959. The highest BCUT2D eigenvalue weighted by molar-refractivity contribution is 6.30. The Hall–Kier alpha value is -1.82. The molecule has 1 aliphatic heterocycles. The number of carboxylic acid groups (broad SMARTS) is 1. The fourth-order valence-electron chi connectivity index (χ4n) is 2.82. The summed E-state index contributed by atoms with van der Waals surface area (Å²) in [7, 11) is 0. The number of carbonyl (C=O) groups excluding carboxylic acids is 1. The van der Waals surface area contributed by atoms with Crippen LogP contribution in [0.25, 0.3) is 0 Å². The van der Waals surface area contributed by atoms with Crippen LogP contribution in [-0.4, -0.2) is 40.8 Å². The zero-order valence-electron chi connectivity index (χ0n) is 13.9. The Kier molecular flexibility index (Phi) is 5.38. The van der Waals surface area contributed by atoms with Crippen molar-refractivity contribution in [3.63, 3.8) is 0 Å². The normalized spacial score (nSPS) is 21.5. The van der Waals surface area contributed by atoms with Crippen LogP contribution in [0.4, 0.5) is 9.18 Å². The van der Waals surface area contributed by atoms with Crippen molar-refractivity contribution in [3.8, 4) is 0 Å². The lowest BCUT2D eigenvalue weighted by molar-refractivity contribution is -0.144. The smallest absolute Gasteiger partial charge is 0.410 e. The highest BCUT2D eigenvalue weighted by Crippen LogP contribution is 2.34. The molecule has 1 saturated heterocycles. The van der Waals surface area contributed by atoms with E-state index in [0.717, 1.165) is 0 Å². The number of hydrogen-bond acceptors (Lipinski definition) is 3. The van der Waals surface area contributed by atoms with E-state index in [1.807, 2.05) is 0 Å². The second-order valence-corrected chi connectivity index (χ2v) is 7.35. The topological polar surface area (TPSA) is 66.8 Å². The lowest BCUT2D eigenvalue weighted by Gasteiger charge is -2.37. The van der Waals surface area contributed by atoms with Crippen LogP contribution < -0.4 is 0 Å². The van der Waals surface area contributed by atoms with Crippen LogP contribution in [0.15, 0.2) is 18.2 Å². The predicted octanol–water partition coefficient (Wildman–Crippen LogP) is 3.90. The maximum Gasteiger partial charge on any atom is 0.410 e. The molecule has 1 heterocycles. The standard InChI is InChI=1S/C17H21ClFNO4/c1-17(2,3)24-16(23)20-7-6-11(15(21)22)12(9-20)10-4-5-13(18)14(19)8-10/h4-5,8,11-12H,6-7,9H2,1-3H3,(H,21,22)/t11?,12-/m0/s1. The molecule has 1 aromatic rings. The number of likely N-dealkylation sites (tertiary alicyclic amines) is 1. The van der Waals surface area contributed by atoms with Crippen LogP contribution in [0, 0.1) is 11.7 Å². The average Bonchev–Trinajstić information content (AvgIpc) is 2.47. The average molecular weight is 358 g/mol. The number of rotatable bonds is 2. The van der Waals surface area contributed by atoms with Gasteiger partial charge in [-0.2, -0.15) is 0 Å². The number of halogens is 2. The lowest BCUT2D eigenvalue weighted by atomic mass is 9.81. The molecule has 5 nitrogen and oxygen atoms in total. The minimum absolute atomic E-state index is 0.0227. The van der Waals surface area contributed by atoms with Gasteiger partial charge in [0.2, 0.25) is 0 Å². The quantitative estimate of drug-likeness (QED) is 0.871. The van der Waals surface area contributed by atoms with E-state index in [-0.39, 0.29) is 18.0 Å². The highest BCUT2D eigenvalue weighted by Gasteiger charge is 2.38. The van der Waals surface area contributed by atoms with Gasteiger partial charge in [-0.3, -0.25) is 4.79 Å². The molecule has 1 unspecified atom stereocenters.